The average Bonchev–Trinajstić information content (AvgIpc) is 3.37. The van der Waals surface area contributed by atoms with E-state index < -0.39 is 0 Å². The molecule has 2 aromatic heterocycles. The molecule has 182 valence electrons. The van der Waals surface area contributed by atoms with Crippen LogP contribution >= 0.6 is 0 Å². The van der Waals surface area contributed by atoms with Gasteiger partial charge in [0.15, 0.2) is 17.6 Å². The molecule has 1 atom stereocenters. The van der Waals surface area contributed by atoms with Crippen LogP contribution in [-0.4, -0.2) is 40.8 Å². The third-order valence-corrected chi connectivity index (χ3v) is 6.58. The summed E-state index contributed by atoms with van der Waals surface area (Å²) < 4.78 is 19.8. The second-order valence-electron chi connectivity index (χ2n) is 8.82. The van der Waals surface area contributed by atoms with E-state index in [9.17, 15) is 4.79 Å². The van der Waals surface area contributed by atoms with Gasteiger partial charge in [-0.1, -0.05) is 23.4 Å². The zero-order chi connectivity index (χ0) is 24.6. The molecule has 8 nitrogen and oxygen atoms in total. The first-order valence-electron chi connectivity index (χ1n) is 12.2. The fourth-order valence-corrected chi connectivity index (χ4v) is 4.67. The Morgan fingerprint density at radius 1 is 0.972 bits per heavy atom. The number of hydrogen-bond donors (Lipinski definition) is 0. The minimum Gasteiger partial charge on any atom is -0.486 e. The van der Waals surface area contributed by atoms with Crippen LogP contribution in [-0.2, 0) is 6.54 Å². The molecule has 5 aromatic rings. The van der Waals surface area contributed by atoms with E-state index in [-0.39, 0.29) is 11.5 Å². The van der Waals surface area contributed by atoms with Crippen LogP contribution in [0.15, 0.2) is 76.1 Å². The van der Waals surface area contributed by atoms with Gasteiger partial charge in [0.2, 0.25) is 5.43 Å². The van der Waals surface area contributed by atoms with Gasteiger partial charge in [-0.05, 0) is 50.2 Å². The number of aromatic nitrogens is 3. The molecule has 0 bridgehead atoms. The van der Waals surface area contributed by atoms with Crippen LogP contribution in [0.1, 0.15) is 13.8 Å². The summed E-state index contributed by atoms with van der Waals surface area (Å²) in [6, 6.07) is 18.9. The van der Waals surface area contributed by atoms with Crippen LogP contribution in [0.2, 0.25) is 0 Å². The number of ether oxygens (including phenoxy) is 2. The zero-order valence-corrected chi connectivity index (χ0v) is 20.2. The second kappa shape index (κ2) is 9.03. The lowest BCUT2D eigenvalue weighted by Crippen LogP contribution is -2.33. The van der Waals surface area contributed by atoms with E-state index in [1.165, 1.54) is 0 Å². The fourth-order valence-electron chi connectivity index (χ4n) is 4.67. The van der Waals surface area contributed by atoms with E-state index in [1.807, 2.05) is 60.8 Å². The van der Waals surface area contributed by atoms with E-state index in [2.05, 4.69) is 29.1 Å². The van der Waals surface area contributed by atoms with Gasteiger partial charge in [-0.2, -0.15) is 0 Å². The fraction of sp³-hybridized carbons (Fsp3) is 0.250. The van der Waals surface area contributed by atoms with Gasteiger partial charge in [0.05, 0.1) is 23.5 Å². The van der Waals surface area contributed by atoms with Crippen LogP contribution in [0.4, 0.5) is 5.69 Å². The molecule has 0 saturated carbocycles. The maximum absolute atomic E-state index is 13.1. The van der Waals surface area contributed by atoms with Gasteiger partial charge in [0.1, 0.15) is 23.5 Å². The largest absolute Gasteiger partial charge is 0.486 e. The molecule has 0 aliphatic carbocycles. The lowest BCUT2D eigenvalue weighted by molar-refractivity contribution is 0.0755. The Balaban J connectivity index is 1.29. The molecule has 1 unspecified atom stereocenters. The van der Waals surface area contributed by atoms with Crippen molar-refractivity contribution in [3.8, 4) is 22.8 Å². The van der Waals surface area contributed by atoms with Gasteiger partial charge in [-0.3, -0.25) is 4.79 Å². The minimum absolute atomic E-state index is 0.0396. The van der Waals surface area contributed by atoms with Crippen molar-refractivity contribution >= 4 is 27.6 Å². The van der Waals surface area contributed by atoms with Crippen molar-refractivity contribution in [3.63, 3.8) is 0 Å². The summed E-state index contributed by atoms with van der Waals surface area (Å²) in [4.78, 5) is 15.4. The van der Waals surface area contributed by atoms with Crippen molar-refractivity contribution in [2.24, 2.45) is 0 Å². The number of nitrogens with zero attached hydrogens (tertiary/aromatic N) is 4. The summed E-state index contributed by atoms with van der Waals surface area (Å²) in [5.74, 6) is 1.48. The molecule has 0 N–H and O–H groups in total. The summed E-state index contributed by atoms with van der Waals surface area (Å²) >= 11 is 0. The van der Waals surface area contributed by atoms with Gasteiger partial charge in [-0.15, -0.1) is 5.10 Å². The molecule has 0 radical (unpaired) electrons. The summed E-state index contributed by atoms with van der Waals surface area (Å²) in [7, 11) is 0. The molecule has 3 heterocycles. The summed E-state index contributed by atoms with van der Waals surface area (Å²) in [5, 5.41) is 9.73. The third-order valence-electron chi connectivity index (χ3n) is 6.58. The van der Waals surface area contributed by atoms with E-state index >= 15 is 0 Å². The molecule has 36 heavy (non-hydrogen) atoms. The Bertz CT molecular complexity index is 1620. The van der Waals surface area contributed by atoms with Crippen LogP contribution in [0.25, 0.3) is 33.2 Å². The predicted molar refractivity (Wildman–Crippen MR) is 139 cm³/mol. The second-order valence-corrected chi connectivity index (χ2v) is 8.82. The standard InChI is InChI=1S/C28H26N4O4/c1-3-31(4-2)19-10-12-22-27(14-19)36-26-13-18(9-11-21(26)28(22)33)23-16-32(30-29-23)15-20-17-34-24-7-5-6-8-25(24)35-20/h5-14,16,20H,3-4,15,17H2,1-2H3. The highest BCUT2D eigenvalue weighted by molar-refractivity contribution is 5.92. The van der Waals surface area contributed by atoms with E-state index in [0.29, 0.717) is 40.8 Å². The van der Waals surface area contributed by atoms with Gasteiger partial charge in [-0.25, -0.2) is 4.68 Å². The molecule has 1 aliphatic heterocycles. The third kappa shape index (κ3) is 3.94. The van der Waals surface area contributed by atoms with Crippen LogP contribution < -0.4 is 19.8 Å². The van der Waals surface area contributed by atoms with Gasteiger partial charge >= 0.3 is 0 Å². The monoisotopic (exact) mass is 482 g/mol. The van der Waals surface area contributed by atoms with Crippen LogP contribution in [0.3, 0.4) is 0 Å². The van der Waals surface area contributed by atoms with Crippen molar-refractivity contribution in [1.29, 1.82) is 0 Å². The molecule has 8 heteroatoms. The van der Waals surface area contributed by atoms with E-state index in [0.717, 1.165) is 35.8 Å². The molecule has 0 amide bonds. The maximum atomic E-state index is 13.1. The average molecular weight is 483 g/mol. The Morgan fingerprint density at radius 2 is 1.72 bits per heavy atom. The number of anilines is 1. The number of hydrogen-bond acceptors (Lipinski definition) is 7. The van der Waals surface area contributed by atoms with E-state index in [4.69, 9.17) is 13.9 Å². The predicted octanol–water partition coefficient (Wildman–Crippen LogP) is 4.89. The Kier molecular flexibility index (Phi) is 5.56. The van der Waals surface area contributed by atoms with Crippen LogP contribution in [0.5, 0.6) is 11.5 Å². The van der Waals surface area contributed by atoms with E-state index in [1.54, 1.807) is 10.7 Å². The summed E-state index contributed by atoms with van der Waals surface area (Å²) in [6.45, 7) is 6.92. The molecule has 6 rings (SSSR count). The van der Waals surface area contributed by atoms with Crippen molar-refractivity contribution in [2.75, 3.05) is 24.6 Å². The minimum atomic E-state index is -0.171. The normalized spacial score (nSPS) is 14.9. The first-order valence-corrected chi connectivity index (χ1v) is 12.2. The molecule has 0 spiro atoms. The molecular formula is C28H26N4O4. The Labute approximate surface area is 207 Å². The number of benzene rings is 3. The highest BCUT2D eigenvalue weighted by atomic mass is 16.6. The molecule has 1 aliphatic rings. The molecular weight excluding hydrogens is 456 g/mol. The van der Waals surface area contributed by atoms with Crippen molar-refractivity contribution in [1.82, 2.24) is 15.0 Å². The van der Waals surface area contributed by atoms with Gasteiger partial charge in [0.25, 0.3) is 0 Å². The SMILES string of the molecule is CCN(CC)c1ccc2c(=O)c3ccc(-c4cn(CC5COc6ccccc6O5)nn4)cc3oc2c1. The molecule has 3 aromatic carbocycles. The first-order chi connectivity index (χ1) is 17.6. The van der Waals surface area contributed by atoms with Crippen molar-refractivity contribution in [3.05, 3.63) is 77.1 Å². The summed E-state index contributed by atoms with van der Waals surface area (Å²) in [5.41, 5.74) is 3.60. The Hall–Kier alpha value is -4.33. The zero-order valence-electron chi connectivity index (χ0n) is 20.2. The Morgan fingerprint density at radius 3 is 2.53 bits per heavy atom. The first kappa shape index (κ1) is 22.2. The van der Waals surface area contributed by atoms with Crippen molar-refractivity contribution < 1.29 is 13.9 Å². The highest BCUT2D eigenvalue weighted by Crippen LogP contribution is 2.31. The van der Waals surface area contributed by atoms with Crippen molar-refractivity contribution in [2.45, 2.75) is 26.5 Å². The topological polar surface area (TPSA) is 82.6 Å². The highest BCUT2D eigenvalue weighted by Gasteiger charge is 2.22. The lowest BCUT2D eigenvalue weighted by Gasteiger charge is -2.26. The number of rotatable bonds is 6. The smallest absolute Gasteiger partial charge is 0.200 e. The molecule has 0 saturated heterocycles. The number of fused-ring (bicyclic) bond motifs is 3. The quantitative estimate of drug-likeness (QED) is 0.319. The number of para-hydroxylation sites is 2. The van der Waals surface area contributed by atoms with Crippen LogP contribution in [0, 0.1) is 0 Å². The maximum Gasteiger partial charge on any atom is 0.200 e. The summed E-state index contributed by atoms with van der Waals surface area (Å²) in [6.07, 6.45) is 1.69. The van der Waals surface area contributed by atoms with Gasteiger partial charge in [0, 0.05) is 30.4 Å². The molecule has 0 fully saturated rings. The van der Waals surface area contributed by atoms with Gasteiger partial charge < -0.3 is 18.8 Å². The lowest BCUT2D eigenvalue weighted by atomic mass is 10.1.